The van der Waals surface area contributed by atoms with Crippen molar-refractivity contribution in [3.05, 3.63) is 40.0 Å². The minimum atomic E-state index is 0. The highest BCUT2D eigenvalue weighted by Crippen LogP contribution is 2.15. The van der Waals surface area contributed by atoms with Crippen LogP contribution in [0.3, 0.4) is 0 Å². The fourth-order valence-electron chi connectivity index (χ4n) is 2.18. The molecule has 0 atom stereocenters. The molecule has 0 aliphatic carbocycles. The second-order valence-electron chi connectivity index (χ2n) is 5.55. The molecule has 0 unspecified atom stereocenters. The van der Waals surface area contributed by atoms with E-state index < -0.39 is 0 Å². The summed E-state index contributed by atoms with van der Waals surface area (Å²) in [6, 6.07) is 3.91. The first-order valence-electron chi connectivity index (χ1n) is 8.73. The van der Waals surface area contributed by atoms with Crippen LogP contribution in [0.2, 0.25) is 0 Å². The van der Waals surface area contributed by atoms with Crippen molar-refractivity contribution in [3.63, 3.8) is 0 Å². The molecule has 2 rings (SSSR count). The monoisotopic (exact) mass is 489 g/mol. The van der Waals surface area contributed by atoms with E-state index in [9.17, 15) is 0 Å². The number of halogens is 1. The van der Waals surface area contributed by atoms with Crippen LogP contribution in [0.15, 0.2) is 29.5 Å². The summed E-state index contributed by atoms with van der Waals surface area (Å²) < 4.78 is 5.69. The van der Waals surface area contributed by atoms with E-state index in [0.29, 0.717) is 19.0 Å². The van der Waals surface area contributed by atoms with Crippen molar-refractivity contribution in [1.82, 2.24) is 20.6 Å². The van der Waals surface area contributed by atoms with Crippen molar-refractivity contribution in [3.8, 4) is 5.88 Å². The number of ether oxygens (including phenoxy) is 1. The number of hydrogen-bond donors (Lipinski definition) is 2. The summed E-state index contributed by atoms with van der Waals surface area (Å²) >= 11 is 1.74. The fourth-order valence-corrected chi connectivity index (χ4v) is 2.97. The first kappa shape index (κ1) is 22.6. The quantitative estimate of drug-likeness (QED) is 0.320. The molecule has 0 saturated heterocycles. The number of hydrogen-bond acceptors (Lipinski definition) is 5. The number of nitrogens with one attached hydrogen (secondary N) is 2. The Hall–Kier alpha value is -1.42. The second-order valence-corrected chi connectivity index (χ2v) is 6.87. The van der Waals surface area contributed by atoms with Crippen LogP contribution < -0.4 is 15.4 Å². The van der Waals surface area contributed by atoms with Gasteiger partial charge < -0.3 is 15.4 Å². The average Bonchev–Trinajstić information content (AvgIpc) is 3.03. The van der Waals surface area contributed by atoms with Crippen LogP contribution in [0.4, 0.5) is 0 Å². The number of thiazole rings is 1. The van der Waals surface area contributed by atoms with Crippen LogP contribution >= 0.6 is 35.3 Å². The smallest absolute Gasteiger partial charge is 0.218 e. The number of guanidine groups is 1. The number of aryl methyl sites for hydroxylation is 1. The predicted octanol–water partition coefficient (Wildman–Crippen LogP) is 3.55. The zero-order valence-electron chi connectivity index (χ0n) is 15.6. The largest absolute Gasteiger partial charge is 0.477 e. The molecule has 2 aromatic rings. The highest BCUT2D eigenvalue weighted by molar-refractivity contribution is 14.0. The van der Waals surface area contributed by atoms with Gasteiger partial charge >= 0.3 is 0 Å². The summed E-state index contributed by atoms with van der Waals surface area (Å²) in [6.45, 7) is 9.02. The highest BCUT2D eigenvalue weighted by atomic mass is 127. The van der Waals surface area contributed by atoms with Crippen molar-refractivity contribution in [2.75, 3.05) is 19.7 Å². The van der Waals surface area contributed by atoms with Crippen LogP contribution in [0, 0.1) is 6.92 Å². The van der Waals surface area contributed by atoms with Gasteiger partial charge in [-0.05, 0) is 26.3 Å². The molecule has 0 aromatic carbocycles. The Labute approximate surface area is 176 Å². The van der Waals surface area contributed by atoms with E-state index in [1.54, 1.807) is 17.5 Å². The Morgan fingerprint density at radius 3 is 2.81 bits per heavy atom. The van der Waals surface area contributed by atoms with E-state index in [-0.39, 0.29) is 24.0 Å². The molecule has 2 aromatic heterocycles. The van der Waals surface area contributed by atoms with Crippen molar-refractivity contribution < 1.29 is 4.74 Å². The van der Waals surface area contributed by atoms with Crippen molar-refractivity contribution in [1.29, 1.82) is 0 Å². The Morgan fingerprint density at radius 1 is 1.27 bits per heavy atom. The maximum atomic E-state index is 5.69. The molecule has 8 heteroatoms. The van der Waals surface area contributed by atoms with Crippen LogP contribution in [-0.4, -0.2) is 35.6 Å². The normalized spacial score (nSPS) is 11.0. The van der Waals surface area contributed by atoms with Gasteiger partial charge in [-0.1, -0.05) is 13.0 Å². The standard InChI is InChI=1S/C18H27N5OS.HI/c1-4-11-24-17-15(7-6-9-20-17)13-23-18(19-5-2)21-10-8-16-22-12-14(3)25-16;/h6-7,9,12H,4-5,8,10-11,13H2,1-3H3,(H2,19,21,23);1H. The van der Waals surface area contributed by atoms with Crippen molar-refractivity contribution in [2.24, 2.45) is 4.99 Å². The first-order chi connectivity index (χ1) is 12.2. The maximum absolute atomic E-state index is 5.69. The lowest BCUT2D eigenvalue weighted by atomic mass is 10.3. The molecule has 0 spiro atoms. The summed E-state index contributed by atoms with van der Waals surface area (Å²) in [4.78, 5) is 14.6. The fraction of sp³-hybridized carbons (Fsp3) is 0.500. The number of aliphatic imine (C=N–C) groups is 1. The molecule has 0 aliphatic heterocycles. The van der Waals surface area contributed by atoms with Gasteiger partial charge in [0.2, 0.25) is 5.88 Å². The molecule has 0 fully saturated rings. The zero-order chi connectivity index (χ0) is 17.9. The third-order valence-corrected chi connectivity index (χ3v) is 4.32. The summed E-state index contributed by atoms with van der Waals surface area (Å²) in [5.41, 5.74) is 0.990. The highest BCUT2D eigenvalue weighted by Gasteiger charge is 2.05. The molecule has 26 heavy (non-hydrogen) atoms. The summed E-state index contributed by atoms with van der Waals surface area (Å²) in [5, 5.41) is 7.77. The van der Waals surface area contributed by atoms with Crippen molar-refractivity contribution >= 4 is 41.3 Å². The van der Waals surface area contributed by atoms with Crippen LogP contribution in [0.5, 0.6) is 5.88 Å². The van der Waals surface area contributed by atoms with Gasteiger partial charge in [0.1, 0.15) is 0 Å². The molecular formula is C18H28IN5OS. The van der Waals surface area contributed by atoms with E-state index in [1.165, 1.54) is 4.88 Å². The van der Waals surface area contributed by atoms with Gasteiger partial charge in [-0.15, -0.1) is 35.3 Å². The van der Waals surface area contributed by atoms with Crippen LogP contribution in [0.1, 0.15) is 35.7 Å². The Kier molecular flexibility index (Phi) is 11.2. The topological polar surface area (TPSA) is 71.4 Å². The molecule has 2 N–H and O–H groups in total. The van der Waals surface area contributed by atoms with Crippen molar-refractivity contribution in [2.45, 2.75) is 40.2 Å². The molecule has 0 aliphatic rings. The van der Waals surface area contributed by atoms with Crippen LogP contribution in [0.25, 0.3) is 0 Å². The lowest BCUT2D eigenvalue weighted by Gasteiger charge is -2.12. The zero-order valence-corrected chi connectivity index (χ0v) is 18.8. The third kappa shape index (κ3) is 7.86. The lowest BCUT2D eigenvalue weighted by molar-refractivity contribution is 0.302. The molecule has 6 nitrogen and oxygen atoms in total. The van der Waals surface area contributed by atoms with E-state index >= 15 is 0 Å². The van der Waals surface area contributed by atoms with E-state index in [4.69, 9.17) is 4.74 Å². The van der Waals surface area contributed by atoms with E-state index in [2.05, 4.69) is 46.4 Å². The Balaban J connectivity index is 0.00000338. The number of rotatable bonds is 9. The molecule has 0 bridgehead atoms. The molecular weight excluding hydrogens is 461 g/mol. The minimum absolute atomic E-state index is 0. The van der Waals surface area contributed by atoms with E-state index in [1.807, 2.05) is 18.3 Å². The molecule has 0 amide bonds. The van der Waals surface area contributed by atoms with E-state index in [0.717, 1.165) is 42.5 Å². The maximum Gasteiger partial charge on any atom is 0.218 e. The Morgan fingerprint density at radius 2 is 2.12 bits per heavy atom. The molecule has 2 heterocycles. The first-order valence-corrected chi connectivity index (χ1v) is 9.54. The van der Waals surface area contributed by atoms with Gasteiger partial charge in [0, 0.05) is 42.3 Å². The number of aromatic nitrogens is 2. The second kappa shape index (κ2) is 12.9. The summed E-state index contributed by atoms with van der Waals surface area (Å²) in [5.74, 6) is 1.46. The average molecular weight is 489 g/mol. The number of nitrogens with zero attached hydrogens (tertiary/aromatic N) is 3. The molecule has 0 saturated carbocycles. The third-order valence-electron chi connectivity index (χ3n) is 3.35. The predicted molar refractivity (Wildman–Crippen MR) is 119 cm³/mol. The van der Waals surface area contributed by atoms with Gasteiger partial charge in [-0.2, -0.15) is 0 Å². The summed E-state index contributed by atoms with van der Waals surface area (Å²) in [7, 11) is 0. The molecule has 0 radical (unpaired) electrons. The molecule has 144 valence electrons. The van der Waals surface area contributed by atoms with Crippen LogP contribution in [-0.2, 0) is 13.0 Å². The Bertz CT molecular complexity index is 677. The SMILES string of the molecule is CCCOc1ncccc1CN=C(NCC)NCCc1ncc(C)s1.I. The lowest BCUT2D eigenvalue weighted by Crippen LogP contribution is -2.38. The van der Waals surface area contributed by atoms with Gasteiger partial charge in [0.15, 0.2) is 5.96 Å². The number of pyridine rings is 1. The van der Waals surface area contributed by atoms with Gasteiger partial charge in [-0.3, -0.25) is 0 Å². The summed E-state index contributed by atoms with van der Waals surface area (Å²) in [6.07, 6.45) is 5.51. The van der Waals surface area contributed by atoms with Gasteiger partial charge in [0.25, 0.3) is 0 Å². The minimum Gasteiger partial charge on any atom is -0.477 e. The van der Waals surface area contributed by atoms with Gasteiger partial charge in [-0.25, -0.2) is 15.0 Å². The van der Waals surface area contributed by atoms with Gasteiger partial charge in [0.05, 0.1) is 18.2 Å².